The minimum absolute atomic E-state index is 0.0924. The van der Waals surface area contributed by atoms with E-state index in [1.807, 2.05) is 0 Å². The van der Waals surface area contributed by atoms with Crippen LogP contribution in [0.25, 0.3) is 85.8 Å². The molecular formula is C72H92N4Si2. The Kier molecular flexibility index (Phi) is 14.9. The average molecular weight is 1070 g/mol. The summed E-state index contributed by atoms with van der Waals surface area (Å²) in [4.78, 5) is 19.8. The van der Waals surface area contributed by atoms with Gasteiger partial charge in [-0.3, -0.25) is 0 Å². The Morgan fingerprint density at radius 3 is 0.936 bits per heavy atom. The van der Waals surface area contributed by atoms with E-state index in [1.54, 1.807) is 0 Å². The number of hydrogen-bond acceptors (Lipinski definition) is 2. The number of nitrogens with one attached hydrogen (secondary N) is 2. The molecule has 0 aliphatic carbocycles. The molecule has 408 valence electrons. The predicted octanol–water partition coefficient (Wildman–Crippen LogP) is 20.6. The molecular weight excluding hydrogens is 977 g/mol. The Balaban J connectivity index is 1.67. The summed E-state index contributed by atoms with van der Waals surface area (Å²) in [5, 5.41) is 1.22. The largest absolute Gasteiger partial charge is 0.354 e. The third kappa shape index (κ3) is 12.7. The first-order valence-electron chi connectivity index (χ1n) is 28.6. The molecule has 0 fully saturated rings. The molecule has 3 aromatic heterocycles. The van der Waals surface area contributed by atoms with Crippen molar-refractivity contribution in [1.29, 1.82) is 0 Å². The van der Waals surface area contributed by atoms with Gasteiger partial charge in [0.25, 0.3) is 0 Å². The fourth-order valence-corrected chi connectivity index (χ4v) is 11.7. The number of rotatable bonds is 5. The van der Waals surface area contributed by atoms with Gasteiger partial charge in [0.2, 0.25) is 0 Å². The van der Waals surface area contributed by atoms with Crippen LogP contribution in [0.3, 0.4) is 0 Å². The van der Waals surface area contributed by atoms with Gasteiger partial charge in [-0.15, -0.1) is 5.54 Å². The second-order valence-corrected chi connectivity index (χ2v) is 40.5. The maximum atomic E-state index is 5.84. The lowest BCUT2D eigenvalue weighted by Gasteiger charge is -2.26. The van der Waals surface area contributed by atoms with Gasteiger partial charge in [-0.05, 0) is 142 Å². The topological polar surface area (TPSA) is 57.4 Å². The molecule has 2 aliphatic heterocycles. The molecule has 8 bridgehead atoms. The van der Waals surface area contributed by atoms with Crippen LogP contribution in [0.4, 0.5) is 0 Å². The highest BCUT2D eigenvalue weighted by atomic mass is 28.3. The van der Waals surface area contributed by atoms with Crippen molar-refractivity contribution in [2.75, 3.05) is 0 Å². The van der Waals surface area contributed by atoms with Crippen LogP contribution in [0.5, 0.6) is 0 Å². The highest BCUT2D eigenvalue weighted by Gasteiger charge is 2.28. The SMILES string of the molecule is CC(C)(C)c1cc(-c2c3nc(c(-c4cc(C(C)(C)C)cc(C(C)(C)C)c4)c4ccc([nH]4)c(-c4cc(C(C)(C)C)cc(C(C)(C)C)c4)c4nc(c(/C=C(\C#C[Si](C)(C)C)[Si](C)(C)C)c5ccc2[nH]5)C=C4)C=C3)cc(C(C)(C)C)c1. The van der Waals surface area contributed by atoms with Gasteiger partial charge in [0.05, 0.1) is 30.8 Å². The zero-order valence-corrected chi connectivity index (χ0v) is 54.3. The Morgan fingerprint density at radius 2 is 0.654 bits per heavy atom. The maximum Gasteiger partial charge on any atom is 0.129 e. The number of fused-ring (bicyclic) bond motifs is 8. The normalized spacial score (nSPS) is 14.0. The van der Waals surface area contributed by atoms with E-state index in [2.05, 4.69) is 295 Å². The third-order valence-corrected chi connectivity index (χ3v) is 18.1. The molecule has 6 aromatic rings. The maximum absolute atomic E-state index is 5.84. The summed E-state index contributed by atoms with van der Waals surface area (Å²) in [5.41, 5.74) is 26.3. The molecule has 8 rings (SSSR count). The van der Waals surface area contributed by atoms with Gasteiger partial charge in [0.15, 0.2) is 0 Å². The van der Waals surface area contributed by atoms with Crippen LogP contribution < -0.4 is 0 Å². The van der Waals surface area contributed by atoms with Crippen LogP contribution in [-0.4, -0.2) is 36.1 Å². The first-order valence-corrected chi connectivity index (χ1v) is 35.6. The summed E-state index contributed by atoms with van der Waals surface area (Å²) in [6.45, 7) is 56.0. The van der Waals surface area contributed by atoms with Gasteiger partial charge in [0, 0.05) is 44.3 Å². The number of benzene rings is 3. The van der Waals surface area contributed by atoms with E-state index >= 15 is 0 Å². The molecule has 4 nitrogen and oxygen atoms in total. The molecule has 5 heterocycles. The van der Waals surface area contributed by atoms with Gasteiger partial charge >= 0.3 is 0 Å². The monoisotopic (exact) mass is 1070 g/mol. The van der Waals surface area contributed by atoms with Crippen LogP contribution in [0.15, 0.2) is 84.1 Å². The van der Waals surface area contributed by atoms with Crippen molar-refractivity contribution in [3.63, 3.8) is 0 Å². The quantitative estimate of drug-likeness (QED) is 0.133. The second-order valence-electron chi connectivity index (χ2n) is 30.7. The lowest BCUT2D eigenvalue weighted by Crippen LogP contribution is -2.24. The Labute approximate surface area is 472 Å². The van der Waals surface area contributed by atoms with E-state index in [-0.39, 0.29) is 32.5 Å². The first kappa shape index (κ1) is 58.1. The number of nitrogens with zero attached hydrogens (tertiary/aromatic N) is 2. The molecule has 0 amide bonds. The van der Waals surface area contributed by atoms with Crippen molar-refractivity contribution in [3.8, 4) is 44.8 Å². The molecule has 0 radical (unpaired) electrons. The van der Waals surface area contributed by atoms with Crippen molar-refractivity contribution < 1.29 is 0 Å². The lowest BCUT2D eigenvalue weighted by molar-refractivity contribution is 0.568. The molecule has 6 heteroatoms. The minimum atomic E-state index is -1.98. The molecule has 2 aliphatic rings. The molecule has 78 heavy (non-hydrogen) atoms. The van der Waals surface area contributed by atoms with Crippen LogP contribution in [0.2, 0.25) is 39.3 Å². The van der Waals surface area contributed by atoms with Crippen LogP contribution >= 0.6 is 0 Å². The highest BCUT2D eigenvalue weighted by Crippen LogP contribution is 2.43. The summed E-state index contributed by atoms with van der Waals surface area (Å²) in [6, 6.07) is 30.8. The van der Waals surface area contributed by atoms with Gasteiger partial charge in [-0.1, -0.05) is 224 Å². The summed E-state index contributed by atoms with van der Waals surface area (Å²) in [6.07, 6.45) is 11.4. The van der Waals surface area contributed by atoms with Crippen molar-refractivity contribution in [1.82, 2.24) is 19.9 Å². The Hall–Kier alpha value is -6.01. The zero-order valence-electron chi connectivity index (χ0n) is 52.3. The fraction of sp³-hybridized carbons (Fsp3) is 0.417. The fourth-order valence-electron chi connectivity index (χ4n) is 10.0. The van der Waals surface area contributed by atoms with Gasteiger partial charge in [-0.2, -0.15) is 0 Å². The lowest BCUT2D eigenvalue weighted by atomic mass is 9.78. The van der Waals surface area contributed by atoms with Crippen molar-refractivity contribution in [2.45, 2.75) is 196 Å². The number of allylic oxidation sites excluding steroid dienone is 1. The summed E-state index contributed by atoms with van der Waals surface area (Å²) in [7, 11) is -3.70. The molecule has 2 N–H and O–H groups in total. The minimum Gasteiger partial charge on any atom is -0.354 e. The Morgan fingerprint density at radius 1 is 0.385 bits per heavy atom. The summed E-state index contributed by atoms with van der Waals surface area (Å²) < 4.78 is 0. The average Bonchev–Trinajstić information content (AvgIpc) is 4.24. The summed E-state index contributed by atoms with van der Waals surface area (Å²) in [5.74, 6) is 3.80. The Bertz CT molecular complexity index is 3510. The number of hydrogen-bond donors (Lipinski definition) is 2. The van der Waals surface area contributed by atoms with Crippen LogP contribution in [0.1, 0.15) is 186 Å². The van der Waals surface area contributed by atoms with E-state index in [9.17, 15) is 0 Å². The highest BCUT2D eigenvalue weighted by molar-refractivity contribution is 6.86. The van der Waals surface area contributed by atoms with E-state index in [4.69, 9.17) is 9.97 Å². The van der Waals surface area contributed by atoms with Crippen LogP contribution in [0, 0.1) is 11.5 Å². The van der Waals surface area contributed by atoms with Crippen molar-refractivity contribution in [2.24, 2.45) is 0 Å². The van der Waals surface area contributed by atoms with E-state index in [0.29, 0.717) is 0 Å². The van der Waals surface area contributed by atoms with Gasteiger partial charge in [-0.25, -0.2) is 9.97 Å². The van der Waals surface area contributed by atoms with Crippen LogP contribution in [-0.2, 0) is 32.5 Å². The van der Waals surface area contributed by atoms with E-state index in [0.717, 1.165) is 83.8 Å². The predicted molar refractivity (Wildman–Crippen MR) is 350 cm³/mol. The molecule has 0 saturated carbocycles. The van der Waals surface area contributed by atoms with E-state index in [1.165, 1.54) is 38.6 Å². The number of aromatic nitrogens is 4. The standard InChI is InChI=1S/C72H92N4Si2/c1-67(2,3)48-35-45(36-49(41-48)68(4,5)6)64-58-27-25-56(73-58)55(44-54(78(22,23)24)33-34-77(19,20)21)57-26-28-59(74-57)65(46-37-50(69(7,8)9)42-51(38-46)70(10,11)12)61-30-32-63(76-61)66(62-31-29-60(64)75-62)47-39-52(71(13,14)15)43-53(40-47)72(16,17)18/h25-32,35-44,73,76H,1-24H3/b54-44+,56-55?,57-55?,64-58?,64-60?,65-59?,65-61?,66-62?,66-63?. The third-order valence-electron chi connectivity index (χ3n) is 15.3. The molecule has 3 aromatic carbocycles. The van der Waals surface area contributed by atoms with Crippen molar-refractivity contribution in [3.05, 3.63) is 146 Å². The number of H-pyrrole nitrogens is 2. The first-order chi connectivity index (χ1) is 35.6. The molecule has 0 spiro atoms. The zero-order chi connectivity index (χ0) is 57.7. The molecule has 0 atom stereocenters. The van der Waals surface area contributed by atoms with Crippen molar-refractivity contribution >= 4 is 68.6 Å². The smallest absolute Gasteiger partial charge is 0.129 e. The molecule has 0 saturated heterocycles. The molecule has 0 unspecified atom stereocenters. The van der Waals surface area contributed by atoms with E-state index < -0.39 is 16.1 Å². The van der Waals surface area contributed by atoms with Gasteiger partial charge < -0.3 is 9.97 Å². The second kappa shape index (κ2) is 20.0. The summed E-state index contributed by atoms with van der Waals surface area (Å²) >= 11 is 0. The van der Waals surface area contributed by atoms with Gasteiger partial charge in [0.1, 0.15) is 8.07 Å². The number of aromatic amines is 2.